The quantitative estimate of drug-likeness (QED) is 0.236. The third-order valence-corrected chi connectivity index (χ3v) is 8.04. The number of sulfonamides is 1. The summed E-state index contributed by atoms with van der Waals surface area (Å²) >= 11 is 0. The molecule has 0 spiro atoms. The molecule has 0 aromatic heterocycles. The van der Waals surface area contributed by atoms with Gasteiger partial charge in [-0.25, -0.2) is 8.42 Å². The first-order chi connectivity index (χ1) is 17.7. The summed E-state index contributed by atoms with van der Waals surface area (Å²) in [6.07, 6.45) is 1.26. The maximum Gasteiger partial charge on any atom is 0.310 e. The van der Waals surface area contributed by atoms with Gasteiger partial charge in [0.2, 0.25) is 15.9 Å². The van der Waals surface area contributed by atoms with Gasteiger partial charge in [0.1, 0.15) is 11.9 Å². The summed E-state index contributed by atoms with van der Waals surface area (Å²) in [5.41, 5.74) is 6.75. The van der Waals surface area contributed by atoms with Gasteiger partial charge >= 0.3 is 5.97 Å². The van der Waals surface area contributed by atoms with Crippen LogP contribution in [0.1, 0.15) is 24.0 Å². The third-order valence-electron chi connectivity index (χ3n) is 6.57. The number of rotatable bonds is 8. The summed E-state index contributed by atoms with van der Waals surface area (Å²) in [6, 6.07) is 17.9. The van der Waals surface area contributed by atoms with Crippen molar-refractivity contribution in [3.63, 3.8) is 0 Å². The summed E-state index contributed by atoms with van der Waals surface area (Å²) in [5, 5.41) is 9.37. The standard InChI is InChI=1S/C27H30N4O5S/c1-36-27(33)22-10-5-13-31(17-22)26(32)24(15-18-6-4-9-21(14-18)25(28)29)30-37(34,35)23-12-11-19-7-2-3-8-20(19)16-23/h2-4,6-9,11-12,14,16,22,24,30H,5,10,13,15,17H2,1H3,(H3,28,29)/t22-,24-/m0/s1. The highest BCUT2D eigenvalue weighted by Crippen LogP contribution is 2.22. The average molecular weight is 523 g/mol. The molecule has 0 aliphatic carbocycles. The zero-order valence-electron chi connectivity index (χ0n) is 20.5. The number of hydrogen-bond acceptors (Lipinski definition) is 6. The molecule has 3 aromatic rings. The van der Waals surface area contributed by atoms with Crippen LogP contribution in [0.3, 0.4) is 0 Å². The Bertz CT molecular complexity index is 1440. The number of carbonyl (C=O) groups excluding carboxylic acids is 2. The van der Waals surface area contributed by atoms with E-state index in [2.05, 4.69) is 4.72 Å². The van der Waals surface area contributed by atoms with E-state index in [-0.39, 0.29) is 29.7 Å². The molecule has 1 fully saturated rings. The van der Waals surface area contributed by atoms with E-state index in [1.165, 1.54) is 18.1 Å². The van der Waals surface area contributed by atoms with Crippen molar-refractivity contribution in [2.24, 2.45) is 11.7 Å². The summed E-state index contributed by atoms with van der Waals surface area (Å²) in [5.74, 6) is -1.40. The van der Waals surface area contributed by atoms with Crippen LogP contribution in [-0.2, 0) is 30.8 Å². The van der Waals surface area contributed by atoms with E-state index in [0.29, 0.717) is 30.5 Å². The van der Waals surface area contributed by atoms with Crippen molar-refractivity contribution in [2.75, 3.05) is 20.2 Å². The van der Waals surface area contributed by atoms with Crippen LogP contribution in [0.25, 0.3) is 10.8 Å². The molecule has 1 saturated heterocycles. The summed E-state index contributed by atoms with van der Waals surface area (Å²) in [6.45, 7) is 0.571. The van der Waals surface area contributed by atoms with Crippen LogP contribution < -0.4 is 10.5 Å². The number of methoxy groups -OCH3 is 1. The van der Waals surface area contributed by atoms with Crippen molar-refractivity contribution in [2.45, 2.75) is 30.2 Å². The molecule has 0 radical (unpaired) electrons. The summed E-state index contributed by atoms with van der Waals surface area (Å²) < 4.78 is 34.4. The largest absolute Gasteiger partial charge is 0.469 e. The number of amidine groups is 1. The van der Waals surface area contributed by atoms with E-state index in [0.717, 1.165) is 10.8 Å². The minimum absolute atomic E-state index is 0.0478. The van der Waals surface area contributed by atoms with Crippen molar-refractivity contribution in [3.05, 3.63) is 77.9 Å². The lowest BCUT2D eigenvalue weighted by Crippen LogP contribution is -2.53. The van der Waals surface area contributed by atoms with Crippen LogP contribution in [0.2, 0.25) is 0 Å². The fraction of sp³-hybridized carbons (Fsp3) is 0.296. The molecular formula is C27H30N4O5S. The maximum absolute atomic E-state index is 13.7. The lowest BCUT2D eigenvalue weighted by molar-refractivity contribution is -0.149. The van der Waals surface area contributed by atoms with Crippen molar-refractivity contribution in [1.82, 2.24) is 9.62 Å². The molecule has 0 saturated carbocycles. The second-order valence-electron chi connectivity index (χ2n) is 9.15. The average Bonchev–Trinajstić information content (AvgIpc) is 2.91. The number of nitrogens with two attached hydrogens (primary N) is 1. The van der Waals surface area contributed by atoms with Gasteiger partial charge in [-0.2, -0.15) is 4.72 Å². The highest BCUT2D eigenvalue weighted by Gasteiger charge is 2.34. The highest BCUT2D eigenvalue weighted by molar-refractivity contribution is 7.89. The Balaban J connectivity index is 1.65. The van der Waals surface area contributed by atoms with Crippen LogP contribution >= 0.6 is 0 Å². The molecule has 10 heteroatoms. The van der Waals surface area contributed by atoms with Crippen molar-refractivity contribution >= 4 is 38.5 Å². The van der Waals surface area contributed by atoms with Crippen LogP contribution in [0.4, 0.5) is 0 Å². The Morgan fingerprint density at radius 2 is 1.86 bits per heavy atom. The first kappa shape index (κ1) is 26.3. The summed E-state index contributed by atoms with van der Waals surface area (Å²) in [7, 11) is -2.76. The van der Waals surface area contributed by atoms with Gasteiger partial charge in [-0.1, -0.05) is 48.5 Å². The van der Waals surface area contributed by atoms with E-state index in [9.17, 15) is 18.0 Å². The molecule has 1 aliphatic heterocycles. The van der Waals surface area contributed by atoms with Crippen molar-refractivity contribution < 1.29 is 22.7 Å². The Kier molecular flexibility index (Phi) is 7.89. The number of esters is 1. The number of fused-ring (bicyclic) bond motifs is 1. The Morgan fingerprint density at radius 3 is 2.59 bits per heavy atom. The second-order valence-corrected chi connectivity index (χ2v) is 10.9. The lowest BCUT2D eigenvalue weighted by atomic mass is 9.96. The van der Waals surface area contributed by atoms with Gasteiger partial charge in [0.25, 0.3) is 0 Å². The lowest BCUT2D eigenvalue weighted by Gasteiger charge is -2.34. The fourth-order valence-electron chi connectivity index (χ4n) is 4.63. The van der Waals surface area contributed by atoms with Gasteiger partial charge in [0.15, 0.2) is 0 Å². The molecule has 194 valence electrons. The Hall–Kier alpha value is -3.76. The number of piperidine rings is 1. The molecule has 9 nitrogen and oxygen atoms in total. The number of hydrogen-bond donors (Lipinski definition) is 3. The van der Waals surface area contributed by atoms with E-state index in [4.69, 9.17) is 15.9 Å². The van der Waals surface area contributed by atoms with Crippen molar-refractivity contribution in [1.29, 1.82) is 5.41 Å². The van der Waals surface area contributed by atoms with Crippen LogP contribution in [0, 0.1) is 11.3 Å². The predicted molar refractivity (Wildman–Crippen MR) is 141 cm³/mol. The molecule has 0 unspecified atom stereocenters. The van der Waals surface area contributed by atoms with Crippen molar-refractivity contribution in [3.8, 4) is 0 Å². The topological polar surface area (TPSA) is 143 Å². The smallest absolute Gasteiger partial charge is 0.310 e. The van der Waals surface area contributed by atoms with E-state index < -0.39 is 27.9 Å². The first-order valence-corrected chi connectivity index (χ1v) is 13.5. The number of ether oxygens (including phenoxy) is 1. The molecule has 0 bridgehead atoms. The predicted octanol–water partition coefficient (Wildman–Crippen LogP) is 2.43. The molecule has 2 atom stereocenters. The molecule has 3 aromatic carbocycles. The maximum atomic E-state index is 13.7. The highest BCUT2D eigenvalue weighted by atomic mass is 32.2. The molecule has 4 N–H and O–H groups in total. The van der Waals surface area contributed by atoms with Gasteiger partial charge in [-0.15, -0.1) is 0 Å². The normalized spacial score (nSPS) is 16.8. The molecule has 1 aliphatic rings. The molecule has 37 heavy (non-hydrogen) atoms. The van der Waals surface area contributed by atoms with Crippen LogP contribution in [-0.4, -0.2) is 57.3 Å². The van der Waals surface area contributed by atoms with Gasteiger partial charge in [-0.05, 0) is 53.8 Å². The van der Waals surface area contributed by atoms with E-state index >= 15 is 0 Å². The number of benzene rings is 3. The zero-order chi connectivity index (χ0) is 26.6. The number of nitrogens with zero attached hydrogens (tertiary/aromatic N) is 1. The van der Waals surface area contributed by atoms with Crippen LogP contribution in [0.5, 0.6) is 0 Å². The second kappa shape index (κ2) is 11.1. The first-order valence-electron chi connectivity index (χ1n) is 12.0. The minimum atomic E-state index is -4.07. The number of nitrogen functional groups attached to an aromatic ring is 1. The van der Waals surface area contributed by atoms with Gasteiger partial charge in [0.05, 0.1) is 17.9 Å². The van der Waals surface area contributed by atoms with E-state index in [1.807, 2.05) is 24.3 Å². The van der Waals surface area contributed by atoms with Gasteiger partial charge in [-0.3, -0.25) is 15.0 Å². The molecule has 4 rings (SSSR count). The number of amides is 1. The molecule has 1 heterocycles. The van der Waals surface area contributed by atoms with Gasteiger partial charge in [0, 0.05) is 18.7 Å². The number of nitrogens with one attached hydrogen (secondary N) is 2. The Morgan fingerprint density at radius 1 is 1.11 bits per heavy atom. The summed E-state index contributed by atoms with van der Waals surface area (Å²) in [4.78, 5) is 27.4. The molecule has 1 amide bonds. The van der Waals surface area contributed by atoms with Crippen LogP contribution in [0.15, 0.2) is 71.6 Å². The van der Waals surface area contributed by atoms with E-state index in [1.54, 1.807) is 36.4 Å². The third kappa shape index (κ3) is 6.15. The van der Waals surface area contributed by atoms with Gasteiger partial charge < -0.3 is 15.4 Å². The Labute approximate surface area is 216 Å². The SMILES string of the molecule is COC(=O)[C@H]1CCCN(C(=O)[C@H](Cc2cccc(C(=N)N)c2)NS(=O)(=O)c2ccc3ccccc3c2)C1. The number of carbonyl (C=O) groups is 2. The minimum Gasteiger partial charge on any atom is -0.469 e. The molecular weight excluding hydrogens is 492 g/mol. The zero-order valence-corrected chi connectivity index (χ0v) is 21.3. The number of likely N-dealkylation sites (tertiary alicyclic amines) is 1. The monoisotopic (exact) mass is 522 g/mol. The fourth-order valence-corrected chi connectivity index (χ4v) is 5.85.